The molecule has 1 fully saturated rings. The van der Waals surface area contributed by atoms with Gasteiger partial charge < -0.3 is 29.6 Å². The lowest BCUT2D eigenvalue weighted by Crippen LogP contribution is -2.45. The minimum atomic E-state index is -0.233. The Morgan fingerprint density at radius 3 is 2.63 bits per heavy atom. The van der Waals surface area contributed by atoms with Crippen LogP contribution in [0.15, 0.2) is 29.3 Å². The first-order valence-electron chi connectivity index (χ1n) is 9.56. The van der Waals surface area contributed by atoms with Gasteiger partial charge in [0.2, 0.25) is 0 Å². The number of rotatable bonds is 9. The van der Waals surface area contributed by atoms with Gasteiger partial charge in [-0.15, -0.1) is 0 Å². The van der Waals surface area contributed by atoms with Crippen molar-refractivity contribution in [2.75, 3.05) is 47.1 Å². The van der Waals surface area contributed by atoms with Crippen molar-refractivity contribution in [3.8, 4) is 11.5 Å². The quantitative estimate of drug-likeness (QED) is 0.506. The summed E-state index contributed by atoms with van der Waals surface area (Å²) < 4.78 is 22.4. The van der Waals surface area contributed by atoms with Crippen LogP contribution in [0.5, 0.6) is 11.5 Å². The topological polar surface area (TPSA) is 73.3 Å². The largest absolute Gasteiger partial charge is 0.497 e. The van der Waals surface area contributed by atoms with Gasteiger partial charge in [-0.2, -0.15) is 0 Å². The molecule has 7 heteroatoms. The molecule has 1 atom stereocenters. The zero-order chi connectivity index (χ0) is 19.5. The van der Waals surface area contributed by atoms with E-state index >= 15 is 0 Å². The Labute approximate surface area is 162 Å². The normalized spacial score (nSPS) is 17.9. The van der Waals surface area contributed by atoms with Crippen molar-refractivity contribution in [2.24, 2.45) is 4.99 Å². The van der Waals surface area contributed by atoms with Gasteiger partial charge in [-0.1, -0.05) is 6.07 Å². The third-order valence-electron chi connectivity index (χ3n) is 4.64. The Balaban J connectivity index is 1.88. The molecule has 0 aliphatic carbocycles. The van der Waals surface area contributed by atoms with Crippen LogP contribution < -0.4 is 20.1 Å². The van der Waals surface area contributed by atoms with E-state index in [2.05, 4.69) is 10.6 Å². The van der Waals surface area contributed by atoms with Crippen molar-refractivity contribution in [1.29, 1.82) is 0 Å². The number of nitrogens with zero attached hydrogens (tertiary/aromatic N) is 1. The number of ether oxygens (including phenoxy) is 4. The maximum Gasteiger partial charge on any atom is 0.191 e. The molecule has 1 heterocycles. The molecule has 2 rings (SSSR count). The van der Waals surface area contributed by atoms with Crippen LogP contribution in [0.2, 0.25) is 0 Å². The van der Waals surface area contributed by atoms with Gasteiger partial charge in [0.15, 0.2) is 5.96 Å². The highest BCUT2D eigenvalue weighted by molar-refractivity contribution is 5.79. The number of hydrogen-bond acceptors (Lipinski definition) is 5. The molecular weight excluding hydrogens is 346 g/mol. The molecule has 0 radical (unpaired) electrons. The predicted molar refractivity (Wildman–Crippen MR) is 107 cm³/mol. The Morgan fingerprint density at radius 1 is 1.22 bits per heavy atom. The molecule has 1 aromatic carbocycles. The van der Waals surface area contributed by atoms with Gasteiger partial charge in [0.25, 0.3) is 0 Å². The molecule has 1 aliphatic rings. The molecule has 7 nitrogen and oxygen atoms in total. The van der Waals surface area contributed by atoms with E-state index in [-0.39, 0.29) is 11.7 Å². The van der Waals surface area contributed by atoms with Gasteiger partial charge in [-0.25, -0.2) is 0 Å². The van der Waals surface area contributed by atoms with Gasteiger partial charge in [0.1, 0.15) is 17.6 Å². The van der Waals surface area contributed by atoms with Crippen LogP contribution in [-0.4, -0.2) is 64.7 Å². The van der Waals surface area contributed by atoms with Crippen molar-refractivity contribution >= 4 is 5.96 Å². The third kappa shape index (κ3) is 6.92. The standard InChI is InChI=1S/C20H33N3O4/c1-5-21-19(23-15-20(25-4)9-11-26-12-10-20)22-14-16(2)27-18-8-6-7-17(13-18)24-3/h6-8,13,16H,5,9-12,14-15H2,1-4H3,(H2,21,22,23). The minimum absolute atomic E-state index is 0.0274. The van der Waals surface area contributed by atoms with Gasteiger partial charge in [0.05, 0.1) is 25.8 Å². The average molecular weight is 380 g/mol. The lowest BCUT2D eigenvalue weighted by atomic mass is 9.94. The lowest BCUT2D eigenvalue weighted by Gasteiger charge is -2.34. The first-order chi connectivity index (χ1) is 13.1. The second-order valence-corrected chi connectivity index (χ2v) is 6.68. The molecule has 0 spiro atoms. The van der Waals surface area contributed by atoms with Crippen molar-refractivity contribution in [1.82, 2.24) is 10.6 Å². The fourth-order valence-electron chi connectivity index (χ4n) is 2.92. The minimum Gasteiger partial charge on any atom is -0.497 e. The Hall–Kier alpha value is -1.99. The maximum atomic E-state index is 5.95. The molecule has 1 aliphatic heterocycles. The second-order valence-electron chi connectivity index (χ2n) is 6.68. The van der Waals surface area contributed by atoms with Crippen molar-refractivity contribution in [3.63, 3.8) is 0 Å². The first-order valence-corrected chi connectivity index (χ1v) is 9.56. The number of nitrogens with one attached hydrogen (secondary N) is 2. The van der Waals surface area contributed by atoms with E-state index in [4.69, 9.17) is 23.9 Å². The van der Waals surface area contributed by atoms with Crippen LogP contribution >= 0.6 is 0 Å². The lowest BCUT2D eigenvalue weighted by molar-refractivity contribution is -0.0828. The van der Waals surface area contributed by atoms with E-state index in [1.807, 2.05) is 38.1 Å². The fraction of sp³-hybridized carbons (Fsp3) is 0.650. The SMILES string of the molecule is CCNC(=NCC1(OC)CCOCC1)NCC(C)Oc1cccc(OC)c1. The summed E-state index contributed by atoms with van der Waals surface area (Å²) in [6.45, 7) is 7.54. The zero-order valence-corrected chi connectivity index (χ0v) is 16.9. The summed E-state index contributed by atoms with van der Waals surface area (Å²) >= 11 is 0. The summed E-state index contributed by atoms with van der Waals surface area (Å²) in [5.41, 5.74) is -0.233. The van der Waals surface area contributed by atoms with E-state index in [9.17, 15) is 0 Å². The Kier molecular flexibility index (Phi) is 8.67. The molecule has 0 amide bonds. The summed E-state index contributed by atoms with van der Waals surface area (Å²) in [6, 6.07) is 7.61. The highest BCUT2D eigenvalue weighted by Gasteiger charge is 2.32. The number of benzene rings is 1. The first kappa shape index (κ1) is 21.3. The second kappa shape index (κ2) is 11.0. The van der Waals surface area contributed by atoms with Crippen LogP contribution in [0.3, 0.4) is 0 Å². The summed E-state index contributed by atoms with van der Waals surface area (Å²) in [7, 11) is 3.40. The molecule has 2 N–H and O–H groups in total. The summed E-state index contributed by atoms with van der Waals surface area (Å²) in [5.74, 6) is 2.33. The maximum absolute atomic E-state index is 5.95. The summed E-state index contributed by atoms with van der Waals surface area (Å²) in [6.07, 6.45) is 1.70. The van der Waals surface area contributed by atoms with Crippen LogP contribution in [0, 0.1) is 0 Å². The molecule has 27 heavy (non-hydrogen) atoms. The number of methoxy groups -OCH3 is 2. The zero-order valence-electron chi connectivity index (χ0n) is 16.9. The molecule has 0 aromatic heterocycles. The highest BCUT2D eigenvalue weighted by Crippen LogP contribution is 2.24. The van der Waals surface area contributed by atoms with E-state index in [0.717, 1.165) is 50.1 Å². The molecule has 0 saturated carbocycles. The Morgan fingerprint density at radius 2 is 1.96 bits per heavy atom. The average Bonchev–Trinajstić information content (AvgIpc) is 2.71. The third-order valence-corrected chi connectivity index (χ3v) is 4.64. The molecule has 1 unspecified atom stereocenters. The van der Waals surface area contributed by atoms with Gasteiger partial charge in [-0.05, 0) is 26.0 Å². The van der Waals surface area contributed by atoms with Crippen LogP contribution in [0.1, 0.15) is 26.7 Å². The van der Waals surface area contributed by atoms with Crippen molar-refractivity contribution < 1.29 is 18.9 Å². The van der Waals surface area contributed by atoms with E-state index < -0.39 is 0 Å². The van der Waals surface area contributed by atoms with Crippen molar-refractivity contribution in [2.45, 2.75) is 38.4 Å². The van der Waals surface area contributed by atoms with Gasteiger partial charge >= 0.3 is 0 Å². The molecule has 152 valence electrons. The van der Waals surface area contributed by atoms with Gasteiger partial charge in [0, 0.05) is 45.8 Å². The predicted octanol–water partition coefficient (Wildman–Crippen LogP) is 2.21. The van der Waals surface area contributed by atoms with E-state index in [1.165, 1.54) is 0 Å². The van der Waals surface area contributed by atoms with E-state index in [0.29, 0.717) is 13.1 Å². The molecule has 1 saturated heterocycles. The van der Waals surface area contributed by atoms with Gasteiger partial charge in [-0.3, -0.25) is 4.99 Å². The van der Waals surface area contributed by atoms with Crippen LogP contribution in [0.25, 0.3) is 0 Å². The monoisotopic (exact) mass is 379 g/mol. The Bertz CT molecular complexity index is 588. The molecular formula is C20H33N3O4. The number of aliphatic imine (C=N–C) groups is 1. The number of hydrogen-bond donors (Lipinski definition) is 2. The molecule has 1 aromatic rings. The smallest absolute Gasteiger partial charge is 0.191 e. The molecule has 0 bridgehead atoms. The van der Waals surface area contributed by atoms with Crippen molar-refractivity contribution in [3.05, 3.63) is 24.3 Å². The summed E-state index contributed by atoms with van der Waals surface area (Å²) in [4.78, 5) is 4.72. The van der Waals surface area contributed by atoms with Crippen LogP contribution in [-0.2, 0) is 9.47 Å². The summed E-state index contributed by atoms with van der Waals surface area (Å²) in [5, 5.41) is 6.62. The fourth-order valence-corrected chi connectivity index (χ4v) is 2.92. The van der Waals surface area contributed by atoms with E-state index in [1.54, 1.807) is 14.2 Å². The van der Waals surface area contributed by atoms with Crippen LogP contribution in [0.4, 0.5) is 0 Å². The highest BCUT2D eigenvalue weighted by atomic mass is 16.5. The number of guanidine groups is 1.